The Kier molecular flexibility index (Phi) is 14.9. The van der Waals surface area contributed by atoms with Crippen LogP contribution in [-0.4, -0.2) is 43.6 Å². The van der Waals surface area contributed by atoms with Crippen molar-refractivity contribution in [3.63, 3.8) is 0 Å². The molecule has 6 nitrogen and oxygen atoms in total. The van der Waals surface area contributed by atoms with Crippen LogP contribution in [-0.2, 0) is 0 Å². The van der Waals surface area contributed by atoms with E-state index >= 15 is 0 Å². The van der Waals surface area contributed by atoms with Crippen LogP contribution in [0, 0.1) is 0 Å². The molecule has 23 heavy (non-hydrogen) atoms. The van der Waals surface area contributed by atoms with Gasteiger partial charge < -0.3 is 5.73 Å². The summed E-state index contributed by atoms with van der Waals surface area (Å²) in [4.78, 5) is 12.4. The molecule has 0 atom stereocenters. The maximum absolute atomic E-state index is 9.23. The first kappa shape index (κ1) is 24.0. The van der Waals surface area contributed by atoms with E-state index in [1.807, 2.05) is 19.3 Å². The average molecular weight is 407 g/mol. The van der Waals surface area contributed by atoms with Gasteiger partial charge in [0.25, 0.3) is 0 Å². The summed E-state index contributed by atoms with van der Waals surface area (Å²) in [5.41, 5.74) is 8.24. The first-order valence-electron chi connectivity index (χ1n) is 6.96. The summed E-state index contributed by atoms with van der Waals surface area (Å²) < 4.78 is 0.756. The molecule has 1 rings (SSSR count). The monoisotopic (exact) mass is 405 g/mol. The Hall–Kier alpha value is -1.28. The number of hydroxylamine groups is 1. The number of aliphatic imine (C=N–C) groups is 3. The zero-order valence-electron chi connectivity index (χ0n) is 14.4. The van der Waals surface area contributed by atoms with Crippen LogP contribution in [0.15, 0.2) is 37.6 Å². The molecule has 8 heteroatoms. The molecule has 0 saturated heterocycles. The molecule has 0 aliphatic heterocycles. The lowest BCUT2D eigenvalue weighted by Gasteiger charge is -2.08. The van der Waals surface area contributed by atoms with Crippen molar-refractivity contribution in [3.8, 4) is 0 Å². The minimum atomic E-state index is 0.202. The van der Waals surface area contributed by atoms with Gasteiger partial charge in [-0.2, -0.15) is 0 Å². The molecule has 4 N–H and O–H groups in total. The topological polar surface area (TPSA) is 95.4 Å². The summed E-state index contributed by atoms with van der Waals surface area (Å²) in [6.45, 7) is 5.78. The third kappa shape index (κ3) is 8.22. The molecule has 0 unspecified atom stereocenters. The Morgan fingerprint density at radius 2 is 1.78 bits per heavy atom. The van der Waals surface area contributed by atoms with Gasteiger partial charge >= 0.3 is 0 Å². The van der Waals surface area contributed by atoms with Gasteiger partial charge in [0.2, 0.25) is 0 Å². The number of hydrogen-bond acceptors (Lipinski definition) is 5. The normalized spacial score (nSPS) is 11.8. The Morgan fingerprint density at radius 3 is 2.22 bits per heavy atom. The SMILES string of the molecule is CC.CN.CN=C(C)C(=NC)C(=Nc1cc(Cl)ccc1Br)NO. The predicted molar refractivity (Wildman–Crippen MR) is 105 cm³/mol. The molecule has 0 saturated carbocycles. The van der Waals surface area contributed by atoms with Crippen molar-refractivity contribution < 1.29 is 5.21 Å². The number of nitrogens with zero attached hydrogens (tertiary/aromatic N) is 3. The highest BCUT2D eigenvalue weighted by Gasteiger charge is 2.12. The summed E-state index contributed by atoms with van der Waals surface area (Å²) in [6.07, 6.45) is 0. The lowest BCUT2D eigenvalue weighted by Crippen LogP contribution is -2.33. The zero-order chi connectivity index (χ0) is 18.4. The van der Waals surface area contributed by atoms with Gasteiger partial charge in [-0.05, 0) is 48.1 Å². The molecule has 1 aromatic carbocycles. The quantitative estimate of drug-likeness (QED) is 0.404. The van der Waals surface area contributed by atoms with E-state index in [4.69, 9.17) is 11.6 Å². The van der Waals surface area contributed by atoms with E-state index in [9.17, 15) is 5.21 Å². The smallest absolute Gasteiger partial charge is 0.177 e. The van der Waals surface area contributed by atoms with Gasteiger partial charge in [-0.1, -0.05) is 25.4 Å². The number of hydrogen-bond donors (Lipinski definition) is 3. The third-order valence-electron chi connectivity index (χ3n) is 2.37. The van der Waals surface area contributed by atoms with Crippen molar-refractivity contribution in [2.75, 3.05) is 21.1 Å². The van der Waals surface area contributed by atoms with Gasteiger partial charge in [-0.25, -0.2) is 4.99 Å². The van der Waals surface area contributed by atoms with Gasteiger partial charge in [-0.15, -0.1) is 0 Å². The fourth-order valence-corrected chi connectivity index (χ4v) is 1.87. The fourth-order valence-electron chi connectivity index (χ4n) is 1.37. The van der Waals surface area contributed by atoms with E-state index in [2.05, 4.69) is 36.6 Å². The van der Waals surface area contributed by atoms with Crippen molar-refractivity contribution in [1.29, 1.82) is 0 Å². The zero-order valence-corrected chi connectivity index (χ0v) is 16.7. The fraction of sp³-hybridized carbons (Fsp3) is 0.400. The van der Waals surface area contributed by atoms with Gasteiger partial charge in [0, 0.05) is 23.6 Å². The molecule has 0 fully saturated rings. The van der Waals surface area contributed by atoms with Crippen LogP contribution in [0.5, 0.6) is 0 Å². The molecule has 0 radical (unpaired) electrons. The lowest BCUT2D eigenvalue weighted by atomic mass is 10.2. The van der Waals surface area contributed by atoms with Crippen molar-refractivity contribution in [3.05, 3.63) is 27.7 Å². The minimum Gasteiger partial charge on any atom is -0.333 e. The van der Waals surface area contributed by atoms with Crippen molar-refractivity contribution >= 4 is 50.5 Å². The maximum Gasteiger partial charge on any atom is 0.177 e. The number of benzene rings is 1. The molecular weight excluding hydrogens is 382 g/mol. The minimum absolute atomic E-state index is 0.202. The van der Waals surface area contributed by atoms with Crippen LogP contribution < -0.4 is 11.2 Å². The van der Waals surface area contributed by atoms with Crippen LogP contribution in [0.3, 0.4) is 0 Å². The molecule has 0 aliphatic rings. The van der Waals surface area contributed by atoms with E-state index in [0.717, 1.165) is 4.47 Å². The van der Waals surface area contributed by atoms with Crippen molar-refractivity contribution in [2.24, 2.45) is 20.7 Å². The Bertz CT molecular complexity index is 559. The van der Waals surface area contributed by atoms with Gasteiger partial charge in [-0.3, -0.25) is 20.7 Å². The van der Waals surface area contributed by atoms with E-state index in [1.165, 1.54) is 7.05 Å². The van der Waals surface area contributed by atoms with Gasteiger partial charge in [0.05, 0.1) is 11.4 Å². The summed E-state index contributed by atoms with van der Waals surface area (Å²) in [7, 11) is 4.74. The van der Waals surface area contributed by atoms with Crippen LogP contribution in [0.25, 0.3) is 0 Å². The van der Waals surface area contributed by atoms with Crippen LogP contribution >= 0.6 is 27.5 Å². The summed E-state index contributed by atoms with van der Waals surface area (Å²) in [5.74, 6) is 0.202. The van der Waals surface area contributed by atoms with Crippen molar-refractivity contribution in [1.82, 2.24) is 5.48 Å². The molecule has 0 aliphatic carbocycles. The Morgan fingerprint density at radius 1 is 1.22 bits per heavy atom. The highest BCUT2D eigenvalue weighted by molar-refractivity contribution is 9.10. The highest BCUT2D eigenvalue weighted by atomic mass is 79.9. The molecule has 0 spiro atoms. The number of halogens is 2. The van der Waals surface area contributed by atoms with E-state index in [1.54, 1.807) is 39.2 Å². The summed E-state index contributed by atoms with van der Waals surface area (Å²) >= 11 is 9.29. The maximum atomic E-state index is 9.23. The number of rotatable bonds is 3. The second-order valence-corrected chi connectivity index (χ2v) is 4.84. The largest absolute Gasteiger partial charge is 0.333 e. The van der Waals surface area contributed by atoms with E-state index in [0.29, 0.717) is 22.1 Å². The predicted octanol–water partition coefficient (Wildman–Crippen LogP) is 3.87. The third-order valence-corrected chi connectivity index (χ3v) is 3.28. The molecule has 0 amide bonds. The second-order valence-electron chi connectivity index (χ2n) is 3.55. The number of nitrogens with one attached hydrogen (secondary N) is 1. The molecule has 0 aromatic heterocycles. The highest BCUT2D eigenvalue weighted by Crippen LogP contribution is 2.28. The molecular formula is C15H25BrClN5O. The van der Waals surface area contributed by atoms with Gasteiger partial charge in [0.1, 0.15) is 5.71 Å². The van der Waals surface area contributed by atoms with Gasteiger partial charge in [0.15, 0.2) is 5.84 Å². The number of nitrogens with two attached hydrogens (primary N) is 1. The first-order valence-corrected chi connectivity index (χ1v) is 8.13. The summed E-state index contributed by atoms with van der Waals surface area (Å²) in [5, 5.41) is 9.78. The lowest BCUT2D eigenvalue weighted by molar-refractivity contribution is 0.237. The van der Waals surface area contributed by atoms with Crippen molar-refractivity contribution in [2.45, 2.75) is 20.8 Å². The Balaban J connectivity index is 0. The van der Waals surface area contributed by atoms with Crippen LogP contribution in [0.2, 0.25) is 5.02 Å². The molecule has 0 bridgehead atoms. The number of amidine groups is 1. The van der Waals surface area contributed by atoms with Crippen LogP contribution in [0.4, 0.5) is 5.69 Å². The standard InChI is InChI=1S/C12H14BrClN4O.C2H6.CH5N/c1-7(15-2)11(16-3)12(18-19)17-10-6-8(14)4-5-9(10)13;2*1-2/h4-6,19H,1-3H3,(H,17,18);1-2H3;2H2,1H3. The van der Waals surface area contributed by atoms with Crippen LogP contribution in [0.1, 0.15) is 20.8 Å². The average Bonchev–Trinajstić information content (AvgIpc) is 2.60. The second kappa shape index (κ2) is 14.3. The Labute approximate surface area is 151 Å². The van der Waals surface area contributed by atoms with E-state index in [-0.39, 0.29) is 5.84 Å². The first-order chi connectivity index (χ1) is 11.0. The molecule has 130 valence electrons. The molecule has 0 heterocycles. The molecule has 1 aromatic rings. The van der Waals surface area contributed by atoms with E-state index < -0.39 is 0 Å². The summed E-state index contributed by atoms with van der Waals surface area (Å²) in [6, 6.07) is 5.19.